The van der Waals surface area contributed by atoms with Gasteiger partial charge in [0, 0.05) is 16.7 Å². The van der Waals surface area contributed by atoms with Gasteiger partial charge in [0.2, 0.25) is 5.78 Å². The van der Waals surface area contributed by atoms with Crippen molar-refractivity contribution in [2.24, 2.45) is 34.0 Å². The summed E-state index contributed by atoms with van der Waals surface area (Å²) in [5, 5.41) is 23.3. The van der Waals surface area contributed by atoms with Gasteiger partial charge in [0.1, 0.15) is 5.60 Å². The van der Waals surface area contributed by atoms with Gasteiger partial charge in [0.15, 0.2) is 18.1 Å². The van der Waals surface area contributed by atoms with Crippen molar-refractivity contribution in [1.29, 1.82) is 0 Å². The first kappa shape index (κ1) is 26.2. The maximum Gasteiger partial charge on any atom is 0.306 e. The van der Waals surface area contributed by atoms with Crippen molar-refractivity contribution in [2.45, 2.75) is 91.0 Å². The van der Waals surface area contributed by atoms with Crippen LogP contribution in [0.5, 0.6) is 0 Å². The summed E-state index contributed by atoms with van der Waals surface area (Å²) < 4.78 is 22.4. The quantitative estimate of drug-likeness (QED) is 0.580. The maximum atomic E-state index is 17.2. The molecule has 0 spiro atoms. The number of esters is 1. The molecule has 0 heterocycles. The second kappa shape index (κ2) is 8.07. The van der Waals surface area contributed by atoms with Crippen LogP contribution >= 0.6 is 0 Å². The van der Waals surface area contributed by atoms with Crippen molar-refractivity contribution in [3.8, 4) is 0 Å². The molecule has 4 rings (SSSR count). The van der Waals surface area contributed by atoms with E-state index in [9.17, 15) is 24.6 Å². The number of halogens is 1. The highest BCUT2D eigenvalue weighted by Crippen LogP contribution is 2.70. The van der Waals surface area contributed by atoms with Crippen molar-refractivity contribution in [2.75, 3.05) is 6.61 Å². The highest BCUT2D eigenvalue weighted by molar-refractivity contribution is 6.01. The number of hydrogen-bond acceptors (Lipinski definition) is 6. The number of fused-ring (bicyclic) bond motifs is 5. The van der Waals surface area contributed by atoms with E-state index in [2.05, 4.69) is 0 Å². The third-order valence-electron chi connectivity index (χ3n) is 9.69. The van der Waals surface area contributed by atoms with Gasteiger partial charge in [-0.2, -0.15) is 0 Å². The number of allylic oxidation sites excluding steroid dienone is 4. The van der Waals surface area contributed by atoms with Gasteiger partial charge in [-0.15, -0.1) is 0 Å². The highest BCUT2D eigenvalue weighted by Gasteiger charge is 2.75. The Kier molecular flexibility index (Phi) is 6.04. The molecule has 3 fully saturated rings. The highest BCUT2D eigenvalue weighted by atomic mass is 19.1. The number of aliphatic hydroxyl groups is 2. The van der Waals surface area contributed by atoms with E-state index >= 15 is 4.39 Å². The summed E-state index contributed by atoms with van der Waals surface area (Å²) in [7, 11) is 0. The van der Waals surface area contributed by atoms with E-state index < -0.39 is 58.4 Å². The maximum absolute atomic E-state index is 17.2. The lowest BCUT2D eigenvalue weighted by Gasteiger charge is -2.62. The molecule has 1 unspecified atom stereocenters. The van der Waals surface area contributed by atoms with Crippen LogP contribution in [-0.2, 0) is 19.1 Å². The first-order valence-corrected chi connectivity index (χ1v) is 12.7. The molecule has 7 heteroatoms. The molecule has 8 atom stereocenters. The van der Waals surface area contributed by atoms with Crippen LogP contribution in [0.25, 0.3) is 0 Å². The molecule has 0 radical (unpaired) electrons. The third-order valence-corrected chi connectivity index (χ3v) is 9.69. The van der Waals surface area contributed by atoms with Gasteiger partial charge in [-0.1, -0.05) is 46.3 Å². The summed E-state index contributed by atoms with van der Waals surface area (Å²) in [6.45, 7) is 10.4. The molecule has 2 N–H and O–H groups in total. The van der Waals surface area contributed by atoms with Crippen LogP contribution in [0.2, 0.25) is 0 Å². The summed E-state index contributed by atoms with van der Waals surface area (Å²) in [4.78, 5) is 37.6. The molecule has 4 aliphatic rings. The van der Waals surface area contributed by atoms with Gasteiger partial charge in [0.25, 0.3) is 0 Å². The average Bonchev–Trinajstić information content (AvgIpc) is 2.94. The molecule has 0 aromatic carbocycles. The second-order valence-corrected chi connectivity index (χ2v) is 13.0. The number of aliphatic hydroxyl groups excluding tert-OH is 1. The van der Waals surface area contributed by atoms with E-state index in [1.54, 1.807) is 26.8 Å². The van der Waals surface area contributed by atoms with Gasteiger partial charge in [-0.05, 0) is 62.0 Å². The summed E-state index contributed by atoms with van der Waals surface area (Å²) in [5.74, 6) is -2.72. The normalized spacial score (nSPS) is 44.7. The Balaban J connectivity index is 1.64. The number of alkyl halides is 1. The van der Waals surface area contributed by atoms with E-state index in [-0.39, 0.29) is 30.0 Å². The Morgan fingerprint density at radius 3 is 2.51 bits per heavy atom. The number of carbonyl (C=O) groups excluding carboxylic acids is 3. The van der Waals surface area contributed by atoms with Crippen LogP contribution in [0.15, 0.2) is 23.8 Å². The Hall–Kier alpha value is -1.86. The molecule has 35 heavy (non-hydrogen) atoms. The summed E-state index contributed by atoms with van der Waals surface area (Å²) >= 11 is 0. The monoisotopic (exact) mass is 490 g/mol. The van der Waals surface area contributed by atoms with Crippen LogP contribution in [0.1, 0.15) is 73.6 Å². The largest absolute Gasteiger partial charge is 0.458 e. The number of ether oxygens (including phenoxy) is 1. The fraction of sp³-hybridized carbons (Fsp3) is 0.750. The number of rotatable bonds is 4. The van der Waals surface area contributed by atoms with Crippen LogP contribution < -0.4 is 0 Å². The Labute approximate surface area is 207 Å². The average molecular weight is 491 g/mol. The number of Topliss-reactive ketones (excluding diaryl/α,β-unsaturated/α-hetero) is 1. The van der Waals surface area contributed by atoms with Crippen LogP contribution in [0.3, 0.4) is 0 Å². The molecule has 0 amide bonds. The Bertz CT molecular complexity index is 1010. The lowest BCUT2D eigenvalue weighted by molar-refractivity contribution is -0.220. The smallest absolute Gasteiger partial charge is 0.306 e. The minimum Gasteiger partial charge on any atom is -0.458 e. The van der Waals surface area contributed by atoms with E-state index in [0.29, 0.717) is 24.8 Å². The number of hydrogen-bond donors (Lipinski definition) is 2. The van der Waals surface area contributed by atoms with Gasteiger partial charge in [0.05, 0.1) is 12.5 Å². The fourth-order valence-corrected chi connectivity index (χ4v) is 7.88. The van der Waals surface area contributed by atoms with E-state index in [1.807, 2.05) is 20.8 Å². The first-order valence-electron chi connectivity index (χ1n) is 12.7. The molecule has 0 bridgehead atoms. The predicted molar refractivity (Wildman–Crippen MR) is 128 cm³/mol. The lowest BCUT2D eigenvalue weighted by Crippen LogP contribution is -2.69. The van der Waals surface area contributed by atoms with Crippen molar-refractivity contribution in [3.05, 3.63) is 23.8 Å². The topological polar surface area (TPSA) is 101 Å². The van der Waals surface area contributed by atoms with Crippen molar-refractivity contribution in [3.63, 3.8) is 0 Å². The predicted octanol–water partition coefficient (Wildman–Crippen LogP) is 3.88. The molecule has 0 saturated heterocycles. The second-order valence-electron chi connectivity index (χ2n) is 13.0. The van der Waals surface area contributed by atoms with E-state index in [4.69, 9.17) is 4.74 Å². The van der Waals surface area contributed by atoms with E-state index in [1.165, 1.54) is 12.2 Å². The summed E-state index contributed by atoms with van der Waals surface area (Å²) in [6, 6.07) is 0. The Morgan fingerprint density at radius 1 is 1.23 bits per heavy atom. The Morgan fingerprint density at radius 2 is 1.89 bits per heavy atom. The molecular formula is C28H39FO6. The van der Waals surface area contributed by atoms with Crippen LogP contribution in [0, 0.1) is 34.0 Å². The zero-order valence-electron chi connectivity index (χ0n) is 21.7. The van der Waals surface area contributed by atoms with Crippen molar-refractivity contribution >= 4 is 17.5 Å². The summed E-state index contributed by atoms with van der Waals surface area (Å²) in [5.41, 5.74) is -5.68. The van der Waals surface area contributed by atoms with Crippen molar-refractivity contribution in [1.82, 2.24) is 0 Å². The SMILES string of the molecule is C[C@@H]1C[C@H]2[C@@H]3CCC4=CC(=O)C=C[C@]4(C)[C@@]3(F)C(O)C[C@]2(C)[C@@]1(O)C(=O)COC(=O)CC(C)(C)C. The zero-order valence-corrected chi connectivity index (χ0v) is 21.7. The molecule has 194 valence electrons. The van der Waals surface area contributed by atoms with Crippen LogP contribution in [0.4, 0.5) is 4.39 Å². The van der Waals surface area contributed by atoms with Gasteiger partial charge in [-0.25, -0.2) is 4.39 Å². The molecule has 0 aromatic heterocycles. The minimum atomic E-state index is -2.02. The third kappa shape index (κ3) is 3.59. The lowest BCUT2D eigenvalue weighted by atomic mass is 9.44. The number of carbonyl (C=O) groups is 3. The molecule has 0 aliphatic heterocycles. The van der Waals surface area contributed by atoms with E-state index in [0.717, 1.165) is 0 Å². The standard InChI is InChI=1S/C28H39FO6/c1-16-11-20-19-8-7-17-12-18(30)9-10-25(17,5)27(19,29)21(31)13-26(20,6)28(16,34)22(32)15-35-23(33)14-24(2,3)4/h9-10,12,16,19-21,31,34H,7-8,11,13-15H2,1-6H3/t16-,19+,20+,21?,25+,26+,27+,28+/m1/s1. The molecule has 6 nitrogen and oxygen atoms in total. The summed E-state index contributed by atoms with van der Waals surface area (Å²) in [6.07, 6.45) is 4.43. The van der Waals surface area contributed by atoms with Gasteiger partial charge < -0.3 is 14.9 Å². The minimum absolute atomic E-state index is 0.0994. The molecule has 3 saturated carbocycles. The van der Waals surface area contributed by atoms with Crippen LogP contribution in [-0.4, -0.2) is 51.7 Å². The first-order chi connectivity index (χ1) is 16.0. The van der Waals surface area contributed by atoms with Gasteiger partial charge in [-0.3, -0.25) is 14.4 Å². The molecule has 4 aliphatic carbocycles. The zero-order chi connectivity index (χ0) is 26.2. The molecular weight excluding hydrogens is 451 g/mol. The molecule has 0 aromatic rings. The van der Waals surface area contributed by atoms with Crippen molar-refractivity contribution < 1.29 is 33.7 Å². The number of ketones is 2. The fourth-order valence-electron chi connectivity index (χ4n) is 7.88. The van der Waals surface area contributed by atoms with Gasteiger partial charge >= 0.3 is 5.97 Å².